The second kappa shape index (κ2) is 7.39. The quantitative estimate of drug-likeness (QED) is 0.812. The van der Waals surface area contributed by atoms with Crippen LogP contribution in [0.1, 0.15) is 10.4 Å². The average molecular weight is 377 g/mol. The van der Waals surface area contributed by atoms with Crippen LogP contribution in [0.3, 0.4) is 0 Å². The molecule has 1 aromatic heterocycles. The van der Waals surface area contributed by atoms with Crippen LogP contribution in [0.5, 0.6) is 0 Å². The molecule has 2 rings (SSSR count). The highest BCUT2D eigenvalue weighted by molar-refractivity contribution is 7.91. The minimum Gasteiger partial charge on any atom is -0.351 e. The number of carbonyl (C=O) groups is 1. The van der Waals surface area contributed by atoms with Crippen LogP contribution < -0.4 is 10.0 Å². The summed E-state index contributed by atoms with van der Waals surface area (Å²) in [5, 5.41) is 2.81. The molecular weight excluding hydrogens is 363 g/mol. The van der Waals surface area contributed by atoms with Gasteiger partial charge in [0.25, 0.3) is 0 Å². The summed E-state index contributed by atoms with van der Waals surface area (Å²) in [4.78, 5) is 12.6. The van der Waals surface area contributed by atoms with E-state index in [0.717, 1.165) is 11.3 Å². The summed E-state index contributed by atoms with van der Waals surface area (Å²) >= 11 is 6.92. The van der Waals surface area contributed by atoms with Crippen LogP contribution in [-0.4, -0.2) is 21.4 Å². The standard InChI is InChI=1S/C14H14ClFN2O3S2/c1-17-23(20,21)14-6-5-9(22-14)8-18-13(19)7-10-11(15)3-2-4-12(10)16/h2-6,17H,7-8H2,1H3,(H,18,19). The molecule has 0 aliphatic heterocycles. The van der Waals surface area contributed by atoms with Crippen LogP contribution in [0, 0.1) is 5.82 Å². The molecule has 1 aromatic carbocycles. The van der Waals surface area contributed by atoms with E-state index in [1.54, 1.807) is 6.07 Å². The molecule has 0 bridgehead atoms. The van der Waals surface area contributed by atoms with Crippen LogP contribution in [0.4, 0.5) is 4.39 Å². The van der Waals surface area contributed by atoms with E-state index >= 15 is 0 Å². The molecular formula is C14H14ClFN2O3S2. The number of rotatable bonds is 6. The molecule has 124 valence electrons. The summed E-state index contributed by atoms with van der Waals surface area (Å²) in [6.07, 6.45) is -0.182. The van der Waals surface area contributed by atoms with E-state index in [-0.39, 0.29) is 27.8 Å². The zero-order valence-corrected chi connectivity index (χ0v) is 14.5. The van der Waals surface area contributed by atoms with Gasteiger partial charge in [-0.25, -0.2) is 17.5 Å². The summed E-state index contributed by atoms with van der Waals surface area (Å²) < 4.78 is 39.2. The first-order chi connectivity index (χ1) is 10.8. The van der Waals surface area contributed by atoms with Crippen molar-refractivity contribution < 1.29 is 17.6 Å². The van der Waals surface area contributed by atoms with E-state index in [2.05, 4.69) is 10.0 Å². The van der Waals surface area contributed by atoms with E-state index in [0.29, 0.717) is 4.88 Å². The van der Waals surface area contributed by atoms with Crippen molar-refractivity contribution in [1.29, 1.82) is 0 Å². The van der Waals surface area contributed by atoms with Gasteiger partial charge in [0.2, 0.25) is 15.9 Å². The molecule has 2 N–H and O–H groups in total. The highest BCUT2D eigenvalue weighted by Crippen LogP contribution is 2.22. The summed E-state index contributed by atoms with van der Waals surface area (Å²) in [7, 11) is -2.16. The van der Waals surface area contributed by atoms with Crippen molar-refractivity contribution in [2.45, 2.75) is 17.2 Å². The summed E-state index contributed by atoms with van der Waals surface area (Å²) in [5.74, 6) is -0.936. The molecule has 5 nitrogen and oxygen atoms in total. The van der Waals surface area contributed by atoms with Crippen molar-refractivity contribution in [1.82, 2.24) is 10.0 Å². The van der Waals surface area contributed by atoms with Gasteiger partial charge in [-0.2, -0.15) is 0 Å². The number of nitrogens with one attached hydrogen (secondary N) is 2. The first kappa shape index (κ1) is 17.9. The number of hydrogen-bond acceptors (Lipinski definition) is 4. The number of halogens is 2. The second-order valence-corrected chi connectivity index (χ2v) is 8.27. The van der Waals surface area contributed by atoms with Crippen molar-refractivity contribution in [2.24, 2.45) is 0 Å². The Morgan fingerprint density at radius 2 is 2.04 bits per heavy atom. The molecule has 2 aromatic rings. The number of benzene rings is 1. The van der Waals surface area contributed by atoms with Gasteiger partial charge in [0, 0.05) is 15.5 Å². The molecule has 0 aliphatic rings. The molecule has 0 saturated carbocycles. The highest BCUT2D eigenvalue weighted by Gasteiger charge is 2.15. The monoisotopic (exact) mass is 376 g/mol. The van der Waals surface area contributed by atoms with E-state index in [9.17, 15) is 17.6 Å². The van der Waals surface area contributed by atoms with Gasteiger partial charge in [0.15, 0.2) is 0 Å². The number of sulfonamides is 1. The van der Waals surface area contributed by atoms with Crippen LogP contribution in [0.15, 0.2) is 34.5 Å². The molecule has 1 heterocycles. The van der Waals surface area contributed by atoms with Crippen molar-refractivity contribution in [3.8, 4) is 0 Å². The average Bonchev–Trinajstić information content (AvgIpc) is 2.99. The van der Waals surface area contributed by atoms with Gasteiger partial charge >= 0.3 is 0 Å². The molecule has 0 radical (unpaired) electrons. The van der Waals surface area contributed by atoms with Crippen LogP contribution >= 0.6 is 22.9 Å². The van der Waals surface area contributed by atoms with Gasteiger partial charge in [-0.3, -0.25) is 4.79 Å². The number of amides is 1. The minimum absolute atomic E-state index is 0.135. The molecule has 0 unspecified atom stereocenters. The predicted octanol–water partition coefficient (Wildman–Crippen LogP) is 2.31. The van der Waals surface area contributed by atoms with Crippen molar-refractivity contribution in [3.05, 3.63) is 51.6 Å². The lowest BCUT2D eigenvalue weighted by Crippen LogP contribution is -2.24. The minimum atomic E-state index is -3.49. The predicted molar refractivity (Wildman–Crippen MR) is 87.5 cm³/mol. The number of thiophene rings is 1. The fourth-order valence-electron chi connectivity index (χ4n) is 1.81. The fraction of sp³-hybridized carbons (Fsp3) is 0.214. The Bertz CT molecular complexity index is 801. The topological polar surface area (TPSA) is 75.3 Å². The lowest BCUT2D eigenvalue weighted by atomic mass is 10.1. The summed E-state index contributed by atoms with van der Waals surface area (Å²) in [6, 6.07) is 7.30. The third kappa shape index (κ3) is 4.51. The third-order valence-corrected chi connectivity index (χ3v) is 6.37. The van der Waals surface area contributed by atoms with Crippen LogP contribution in [0.2, 0.25) is 5.02 Å². The van der Waals surface area contributed by atoms with E-state index in [1.165, 1.54) is 31.3 Å². The van der Waals surface area contributed by atoms with Crippen molar-refractivity contribution >= 4 is 38.9 Å². The molecule has 0 spiro atoms. The fourth-order valence-corrected chi connectivity index (χ4v) is 4.17. The normalized spacial score (nSPS) is 11.4. The van der Waals surface area contributed by atoms with Gasteiger partial charge in [-0.1, -0.05) is 17.7 Å². The third-order valence-electron chi connectivity index (χ3n) is 3.03. The first-order valence-corrected chi connectivity index (χ1v) is 9.23. The molecule has 0 saturated heterocycles. The Balaban J connectivity index is 1.98. The summed E-state index contributed by atoms with van der Waals surface area (Å²) in [6.45, 7) is 0.162. The Morgan fingerprint density at radius 3 is 2.70 bits per heavy atom. The van der Waals surface area contributed by atoms with Crippen molar-refractivity contribution in [2.75, 3.05) is 7.05 Å². The largest absolute Gasteiger partial charge is 0.351 e. The lowest BCUT2D eigenvalue weighted by molar-refractivity contribution is -0.120. The molecule has 0 atom stereocenters. The maximum atomic E-state index is 13.6. The van der Waals surface area contributed by atoms with Crippen LogP contribution in [0.25, 0.3) is 0 Å². The van der Waals surface area contributed by atoms with Gasteiger partial charge in [0.1, 0.15) is 10.0 Å². The van der Waals surface area contributed by atoms with Gasteiger partial charge in [-0.15, -0.1) is 11.3 Å². The second-order valence-electron chi connectivity index (χ2n) is 4.58. The van der Waals surface area contributed by atoms with Gasteiger partial charge in [-0.05, 0) is 31.3 Å². The summed E-state index contributed by atoms with van der Waals surface area (Å²) in [5.41, 5.74) is 0.135. The zero-order chi connectivity index (χ0) is 17.0. The Hall–Kier alpha value is -1.48. The molecule has 0 fully saturated rings. The Kier molecular flexibility index (Phi) is 5.74. The maximum Gasteiger partial charge on any atom is 0.249 e. The molecule has 1 amide bonds. The van der Waals surface area contributed by atoms with E-state index < -0.39 is 21.7 Å². The molecule has 23 heavy (non-hydrogen) atoms. The van der Waals surface area contributed by atoms with Crippen molar-refractivity contribution in [3.63, 3.8) is 0 Å². The highest BCUT2D eigenvalue weighted by atomic mass is 35.5. The van der Waals surface area contributed by atoms with Gasteiger partial charge < -0.3 is 5.32 Å². The van der Waals surface area contributed by atoms with E-state index in [4.69, 9.17) is 11.6 Å². The number of hydrogen-bond donors (Lipinski definition) is 2. The van der Waals surface area contributed by atoms with Gasteiger partial charge in [0.05, 0.1) is 13.0 Å². The van der Waals surface area contributed by atoms with E-state index in [1.807, 2.05) is 0 Å². The molecule has 0 aliphatic carbocycles. The molecule has 9 heteroatoms. The SMILES string of the molecule is CNS(=O)(=O)c1ccc(CNC(=O)Cc2c(F)cccc2Cl)s1. The smallest absolute Gasteiger partial charge is 0.249 e. The number of carbonyl (C=O) groups excluding carboxylic acids is 1. The maximum absolute atomic E-state index is 13.6. The van der Waals surface area contributed by atoms with Crippen LogP contribution in [-0.2, 0) is 27.8 Å². The lowest BCUT2D eigenvalue weighted by Gasteiger charge is -2.06. The Labute approximate surface area is 142 Å². The zero-order valence-electron chi connectivity index (χ0n) is 12.1. The Morgan fingerprint density at radius 1 is 1.30 bits per heavy atom. The first-order valence-electron chi connectivity index (χ1n) is 6.55.